The summed E-state index contributed by atoms with van der Waals surface area (Å²) < 4.78 is 11.2. The van der Waals surface area contributed by atoms with Crippen molar-refractivity contribution in [1.29, 1.82) is 0 Å². The molecule has 1 heterocycles. The third-order valence-electron chi connectivity index (χ3n) is 5.74. The highest BCUT2D eigenvalue weighted by Crippen LogP contribution is 2.30. The zero-order valence-electron chi connectivity index (χ0n) is 18.8. The Bertz CT molecular complexity index is 1020. The molecular formula is C27H29NO5S. The average Bonchev–Trinajstić information content (AvgIpc) is 3.19. The van der Waals surface area contributed by atoms with Crippen LogP contribution in [0.1, 0.15) is 11.1 Å². The Morgan fingerprint density at radius 1 is 0.882 bits per heavy atom. The van der Waals surface area contributed by atoms with Crippen LogP contribution in [-0.4, -0.2) is 57.9 Å². The third-order valence-corrected chi connectivity index (χ3v) is 6.86. The van der Waals surface area contributed by atoms with Crippen molar-refractivity contribution in [3.8, 4) is 0 Å². The van der Waals surface area contributed by atoms with E-state index in [-0.39, 0.29) is 6.61 Å². The number of amides is 1. The molecule has 1 aliphatic rings. The minimum absolute atomic E-state index is 0.0681. The van der Waals surface area contributed by atoms with E-state index in [2.05, 4.69) is 0 Å². The lowest BCUT2D eigenvalue weighted by Crippen LogP contribution is -2.48. The van der Waals surface area contributed by atoms with Gasteiger partial charge < -0.3 is 19.7 Å². The number of cyclic esters (lactones) is 1. The molecule has 0 spiro atoms. The van der Waals surface area contributed by atoms with E-state index < -0.39 is 30.4 Å². The Morgan fingerprint density at radius 2 is 1.47 bits per heavy atom. The van der Waals surface area contributed by atoms with Gasteiger partial charge in [0, 0.05) is 17.2 Å². The fraction of sp³-hybridized carbons (Fsp3) is 0.296. The molecule has 4 rings (SSSR count). The van der Waals surface area contributed by atoms with Crippen molar-refractivity contribution in [2.45, 2.75) is 42.4 Å². The number of carbonyl (C=O) groups is 1. The van der Waals surface area contributed by atoms with E-state index in [0.29, 0.717) is 18.9 Å². The summed E-state index contributed by atoms with van der Waals surface area (Å²) in [6, 6.07) is 28.7. The molecule has 2 N–H and O–H groups in total. The van der Waals surface area contributed by atoms with Crippen LogP contribution in [0.15, 0.2) is 95.9 Å². The minimum atomic E-state index is -1.28. The van der Waals surface area contributed by atoms with E-state index >= 15 is 0 Å². The van der Waals surface area contributed by atoms with E-state index in [9.17, 15) is 15.0 Å². The number of rotatable bonds is 11. The van der Waals surface area contributed by atoms with Crippen LogP contribution in [0.25, 0.3) is 0 Å². The molecule has 0 aliphatic carbocycles. The molecule has 0 radical (unpaired) electrons. The van der Waals surface area contributed by atoms with E-state index in [0.717, 1.165) is 16.0 Å². The quantitative estimate of drug-likeness (QED) is 0.403. The zero-order valence-corrected chi connectivity index (χ0v) is 19.6. The maximum Gasteiger partial charge on any atom is 0.410 e. The van der Waals surface area contributed by atoms with Gasteiger partial charge in [0.2, 0.25) is 0 Å². The average molecular weight is 480 g/mol. The number of benzene rings is 3. The lowest BCUT2D eigenvalue weighted by atomic mass is 10.0. The number of aliphatic hydroxyl groups is 2. The van der Waals surface area contributed by atoms with Crippen LogP contribution in [0, 0.1) is 0 Å². The fourth-order valence-corrected chi connectivity index (χ4v) is 4.99. The summed E-state index contributed by atoms with van der Waals surface area (Å²) in [5, 5.41) is 21.6. The number of hydrogen-bond acceptors (Lipinski definition) is 6. The summed E-state index contributed by atoms with van der Waals surface area (Å²) in [6.07, 6.45) is -3.84. The van der Waals surface area contributed by atoms with Crippen molar-refractivity contribution in [2.75, 3.05) is 12.4 Å². The van der Waals surface area contributed by atoms with Gasteiger partial charge >= 0.3 is 6.09 Å². The summed E-state index contributed by atoms with van der Waals surface area (Å²) >= 11 is 1.58. The van der Waals surface area contributed by atoms with Crippen molar-refractivity contribution in [3.63, 3.8) is 0 Å². The fourth-order valence-electron chi connectivity index (χ4n) is 3.91. The molecule has 1 amide bonds. The Morgan fingerprint density at radius 3 is 2.12 bits per heavy atom. The number of thioether (sulfide) groups is 1. The topological polar surface area (TPSA) is 79.2 Å². The van der Waals surface area contributed by atoms with Gasteiger partial charge in [-0.15, -0.1) is 11.8 Å². The molecule has 1 saturated heterocycles. The lowest BCUT2D eigenvalue weighted by Gasteiger charge is -2.29. The summed E-state index contributed by atoms with van der Waals surface area (Å²) in [4.78, 5) is 15.5. The highest BCUT2D eigenvalue weighted by Gasteiger charge is 2.47. The predicted octanol–water partition coefficient (Wildman–Crippen LogP) is 4.11. The maximum absolute atomic E-state index is 12.8. The summed E-state index contributed by atoms with van der Waals surface area (Å²) in [6.45, 7) is 0.618. The van der Waals surface area contributed by atoms with Gasteiger partial charge in [0.05, 0.1) is 19.3 Å². The standard InChI is InChI=1S/C27H29NO5S/c29-24(18-32-17-21-12-6-2-7-13-21)25(30)26-23(19-34-22-14-8-3-9-15-22)28(27(31)33-26)16-20-10-4-1-5-11-20/h1-15,23-26,29-30H,16-19H2. The summed E-state index contributed by atoms with van der Waals surface area (Å²) in [5.74, 6) is 0.516. The first kappa shape index (κ1) is 24.3. The monoisotopic (exact) mass is 479 g/mol. The Labute approximate surface area is 204 Å². The lowest BCUT2D eigenvalue weighted by molar-refractivity contribution is -0.0875. The van der Waals surface area contributed by atoms with Crippen molar-refractivity contribution >= 4 is 17.9 Å². The van der Waals surface area contributed by atoms with Gasteiger partial charge in [-0.1, -0.05) is 78.9 Å². The van der Waals surface area contributed by atoms with Crippen LogP contribution in [0.3, 0.4) is 0 Å². The van der Waals surface area contributed by atoms with E-state index in [1.54, 1.807) is 16.7 Å². The van der Waals surface area contributed by atoms with Crippen LogP contribution >= 0.6 is 11.8 Å². The van der Waals surface area contributed by atoms with Crippen LogP contribution < -0.4 is 0 Å². The van der Waals surface area contributed by atoms with Gasteiger partial charge in [-0.2, -0.15) is 0 Å². The molecule has 4 unspecified atom stereocenters. The van der Waals surface area contributed by atoms with Gasteiger partial charge in [-0.05, 0) is 23.3 Å². The van der Waals surface area contributed by atoms with Crippen molar-refractivity contribution < 1.29 is 24.5 Å². The second kappa shape index (κ2) is 12.0. The molecule has 0 saturated carbocycles. The molecule has 0 aromatic heterocycles. The van der Waals surface area contributed by atoms with Crippen molar-refractivity contribution in [3.05, 3.63) is 102 Å². The van der Waals surface area contributed by atoms with Gasteiger partial charge in [-0.3, -0.25) is 4.90 Å². The van der Waals surface area contributed by atoms with Crippen LogP contribution in [0.4, 0.5) is 4.79 Å². The molecule has 34 heavy (non-hydrogen) atoms. The number of hydrogen-bond donors (Lipinski definition) is 2. The predicted molar refractivity (Wildman–Crippen MR) is 131 cm³/mol. The van der Waals surface area contributed by atoms with Gasteiger partial charge in [0.1, 0.15) is 12.2 Å². The molecule has 178 valence electrons. The summed E-state index contributed by atoms with van der Waals surface area (Å²) in [7, 11) is 0. The molecule has 1 aliphatic heterocycles. The van der Waals surface area contributed by atoms with Gasteiger partial charge in [-0.25, -0.2) is 4.79 Å². The highest BCUT2D eigenvalue weighted by atomic mass is 32.2. The molecule has 6 nitrogen and oxygen atoms in total. The Balaban J connectivity index is 1.43. The molecular weight excluding hydrogens is 450 g/mol. The SMILES string of the molecule is O=C1OC(C(O)C(O)COCc2ccccc2)C(CSc2ccccc2)N1Cc1ccccc1. The molecule has 0 bridgehead atoms. The Kier molecular flexibility index (Phi) is 8.60. The minimum Gasteiger partial charge on any atom is -0.441 e. The van der Waals surface area contributed by atoms with Crippen molar-refractivity contribution in [2.24, 2.45) is 0 Å². The first-order chi connectivity index (χ1) is 16.6. The molecule has 3 aromatic rings. The molecule has 3 aromatic carbocycles. The zero-order chi connectivity index (χ0) is 23.8. The number of ether oxygens (including phenoxy) is 2. The number of nitrogens with zero attached hydrogens (tertiary/aromatic N) is 1. The molecule has 4 atom stereocenters. The number of carbonyl (C=O) groups excluding carboxylic acids is 1. The first-order valence-electron chi connectivity index (χ1n) is 11.3. The number of aliphatic hydroxyl groups excluding tert-OH is 2. The van der Waals surface area contributed by atoms with Crippen LogP contribution in [0.5, 0.6) is 0 Å². The molecule has 7 heteroatoms. The van der Waals surface area contributed by atoms with E-state index in [1.807, 2.05) is 91.0 Å². The summed E-state index contributed by atoms with van der Waals surface area (Å²) in [5.41, 5.74) is 1.94. The van der Waals surface area contributed by atoms with Crippen LogP contribution in [0.2, 0.25) is 0 Å². The van der Waals surface area contributed by atoms with Crippen molar-refractivity contribution in [1.82, 2.24) is 4.90 Å². The van der Waals surface area contributed by atoms with Gasteiger partial charge in [0.15, 0.2) is 6.10 Å². The smallest absolute Gasteiger partial charge is 0.410 e. The van der Waals surface area contributed by atoms with Crippen LogP contribution in [-0.2, 0) is 22.6 Å². The Hall–Kier alpha value is -2.84. The van der Waals surface area contributed by atoms with Gasteiger partial charge in [0.25, 0.3) is 0 Å². The largest absolute Gasteiger partial charge is 0.441 e. The second-order valence-corrected chi connectivity index (χ2v) is 9.31. The highest BCUT2D eigenvalue weighted by molar-refractivity contribution is 7.99. The molecule has 1 fully saturated rings. The van der Waals surface area contributed by atoms with E-state index in [4.69, 9.17) is 9.47 Å². The normalized spacial score (nSPS) is 19.6. The maximum atomic E-state index is 12.8. The first-order valence-corrected chi connectivity index (χ1v) is 12.3. The second-order valence-electron chi connectivity index (χ2n) is 8.21. The van der Waals surface area contributed by atoms with E-state index in [1.165, 1.54) is 0 Å². The third kappa shape index (κ3) is 6.39.